The van der Waals surface area contributed by atoms with Gasteiger partial charge in [-0.25, -0.2) is 17.6 Å². The molecule has 1 fully saturated rings. The number of carbonyl (C=O) groups is 1. The summed E-state index contributed by atoms with van der Waals surface area (Å²) in [5.74, 6) is -7.83. The van der Waals surface area contributed by atoms with Crippen molar-refractivity contribution in [2.75, 3.05) is 26.4 Å². The van der Waals surface area contributed by atoms with Crippen LogP contribution in [0.15, 0.2) is 0 Å². The van der Waals surface area contributed by atoms with Crippen molar-refractivity contribution in [3.05, 3.63) is 0 Å². The second-order valence-corrected chi connectivity index (χ2v) is 9.13. The van der Waals surface area contributed by atoms with Crippen molar-refractivity contribution in [2.24, 2.45) is 5.92 Å². The Morgan fingerprint density at radius 2 is 1.59 bits per heavy atom. The number of rotatable bonds is 18. The molecule has 8 heteroatoms. The topological polar surface area (TPSA) is 44.8 Å². The minimum absolute atomic E-state index is 0.00608. The fraction of sp³-hybridized carbons (Fsp3) is 0.958. The van der Waals surface area contributed by atoms with E-state index in [1.807, 2.05) is 0 Å². The fourth-order valence-corrected chi connectivity index (χ4v) is 3.87. The molecule has 0 amide bonds. The molecular weight excluding hydrogens is 428 g/mol. The Bertz CT molecular complexity index is 491. The predicted octanol–water partition coefficient (Wildman–Crippen LogP) is 6.94. The molecule has 190 valence electrons. The molecule has 1 atom stereocenters. The summed E-state index contributed by atoms with van der Waals surface area (Å²) < 4.78 is 71.0. The Morgan fingerprint density at radius 1 is 1.00 bits per heavy atom. The van der Waals surface area contributed by atoms with E-state index in [1.165, 1.54) is 19.3 Å². The molecule has 1 heterocycles. The minimum Gasteiger partial charge on any atom is -0.453 e. The molecule has 1 unspecified atom stereocenters. The number of ether oxygens (including phenoxy) is 3. The molecule has 0 N–H and O–H groups in total. The lowest BCUT2D eigenvalue weighted by Gasteiger charge is -2.29. The molecule has 0 aromatic heterocycles. The first-order chi connectivity index (χ1) is 15.1. The van der Waals surface area contributed by atoms with Crippen molar-refractivity contribution in [3.8, 4) is 0 Å². The molecule has 4 nitrogen and oxygen atoms in total. The summed E-state index contributed by atoms with van der Waals surface area (Å²) in [5, 5.41) is 0. The Morgan fingerprint density at radius 3 is 2.19 bits per heavy atom. The Labute approximate surface area is 190 Å². The number of hydrogen-bond donors (Lipinski definition) is 0. The van der Waals surface area contributed by atoms with E-state index in [2.05, 4.69) is 6.92 Å². The minimum atomic E-state index is -3.87. The van der Waals surface area contributed by atoms with Crippen LogP contribution in [0, 0.1) is 5.92 Å². The maximum atomic E-state index is 14.5. The fourth-order valence-electron chi connectivity index (χ4n) is 3.87. The smallest absolute Gasteiger partial charge is 0.306 e. The van der Waals surface area contributed by atoms with Crippen LogP contribution < -0.4 is 0 Å². The summed E-state index contributed by atoms with van der Waals surface area (Å²) in [7, 11) is 0. The molecule has 0 aromatic rings. The molecule has 1 aliphatic rings. The molecule has 1 aliphatic heterocycles. The van der Waals surface area contributed by atoms with Gasteiger partial charge in [0.25, 0.3) is 11.8 Å². The van der Waals surface area contributed by atoms with Crippen LogP contribution in [0.1, 0.15) is 97.3 Å². The molecule has 0 aliphatic carbocycles. The zero-order valence-corrected chi connectivity index (χ0v) is 19.8. The summed E-state index contributed by atoms with van der Waals surface area (Å²) in [5.41, 5.74) is 0. The van der Waals surface area contributed by atoms with Gasteiger partial charge in [0.05, 0.1) is 13.0 Å². The zero-order chi connectivity index (χ0) is 23.9. The van der Waals surface area contributed by atoms with E-state index in [4.69, 9.17) is 14.2 Å². The SMILES string of the molecule is CCCCCCCCCCC(=O)OC(COCCC1CCOCC1)C(F)(F)CC(C)(F)F. The molecule has 1 rings (SSSR count). The maximum Gasteiger partial charge on any atom is 0.306 e. The van der Waals surface area contributed by atoms with E-state index in [9.17, 15) is 22.4 Å². The molecule has 0 radical (unpaired) electrons. The lowest BCUT2D eigenvalue weighted by atomic mass is 9.97. The number of hydrogen-bond acceptors (Lipinski definition) is 4. The van der Waals surface area contributed by atoms with E-state index in [0.29, 0.717) is 38.9 Å². The number of unbranched alkanes of at least 4 members (excludes halogenated alkanes) is 7. The van der Waals surface area contributed by atoms with Crippen molar-refractivity contribution in [2.45, 2.75) is 115 Å². The molecule has 0 aromatic carbocycles. The number of halogens is 4. The van der Waals surface area contributed by atoms with Crippen LogP contribution in [0.2, 0.25) is 0 Å². The van der Waals surface area contributed by atoms with E-state index >= 15 is 0 Å². The highest BCUT2D eigenvalue weighted by Crippen LogP contribution is 2.34. The van der Waals surface area contributed by atoms with Crippen molar-refractivity contribution < 1.29 is 36.6 Å². The van der Waals surface area contributed by atoms with Crippen LogP contribution in [-0.2, 0) is 19.0 Å². The highest BCUT2D eigenvalue weighted by Gasteiger charge is 2.48. The van der Waals surface area contributed by atoms with Gasteiger partial charge in [-0.1, -0.05) is 51.9 Å². The van der Waals surface area contributed by atoms with Gasteiger partial charge in [0.1, 0.15) is 0 Å². The molecular formula is C24H42F4O4. The van der Waals surface area contributed by atoms with Crippen molar-refractivity contribution >= 4 is 5.97 Å². The van der Waals surface area contributed by atoms with Crippen LogP contribution >= 0.6 is 0 Å². The zero-order valence-electron chi connectivity index (χ0n) is 19.8. The first-order valence-electron chi connectivity index (χ1n) is 12.2. The van der Waals surface area contributed by atoms with Gasteiger partial charge in [0, 0.05) is 26.2 Å². The first kappa shape index (κ1) is 29.1. The molecule has 1 saturated heterocycles. The van der Waals surface area contributed by atoms with Crippen molar-refractivity contribution in [1.29, 1.82) is 0 Å². The van der Waals surface area contributed by atoms with Gasteiger partial charge in [-0.3, -0.25) is 4.79 Å². The van der Waals surface area contributed by atoms with Gasteiger partial charge in [0.2, 0.25) is 0 Å². The van der Waals surface area contributed by atoms with E-state index in [0.717, 1.165) is 38.5 Å². The standard InChI is InChI=1S/C24H42F4O4/c1-3-4-5-6-7-8-9-10-11-22(29)32-21(24(27,28)19-23(2,25)26)18-31-17-14-20-12-15-30-16-13-20/h20-21H,3-19H2,1-2H3. The van der Waals surface area contributed by atoms with Crippen molar-refractivity contribution in [1.82, 2.24) is 0 Å². The largest absolute Gasteiger partial charge is 0.453 e. The van der Waals surface area contributed by atoms with Gasteiger partial charge < -0.3 is 14.2 Å². The summed E-state index contributed by atoms with van der Waals surface area (Å²) >= 11 is 0. The quantitative estimate of drug-likeness (QED) is 0.124. The van der Waals surface area contributed by atoms with Gasteiger partial charge in [0.15, 0.2) is 6.10 Å². The summed E-state index contributed by atoms with van der Waals surface area (Å²) in [6.45, 7) is 3.57. The summed E-state index contributed by atoms with van der Waals surface area (Å²) in [6, 6.07) is 0. The molecule has 0 saturated carbocycles. The van der Waals surface area contributed by atoms with Crippen LogP contribution in [0.25, 0.3) is 0 Å². The van der Waals surface area contributed by atoms with Crippen LogP contribution in [0.5, 0.6) is 0 Å². The lowest BCUT2D eigenvalue weighted by Crippen LogP contribution is -2.44. The molecule has 32 heavy (non-hydrogen) atoms. The molecule has 0 bridgehead atoms. The number of carbonyl (C=O) groups excluding carboxylic acids is 1. The lowest BCUT2D eigenvalue weighted by molar-refractivity contribution is -0.201. The third kappa shape index (κ3) is 14.3. The van der Waals surface area contributed by atoms with Gasteiger partial charge in [-0.2, -0.15) is 0 Å². The highest BCUT2D eigenvalue weighted by molar-refractivity contribution is 5.69. The summed E-state index contributed by atoms with van der Waals surface area (Å²) in [6.07, 6.45) is 6.95. The van der Waals surface area contributed by atoms with Crippen molar-refractivity contribution in [3.63, 3.8) is 0 Å². The maximum absolute atomic E-state index is 14.5. The van der Waals surface area contributed by atoms with Gasteiger partial charge >= 0.3 is 5.97 Å². The molecule has 0 spiro atoms. The van der Waals surface area contributed by atoms with E-state index in [1.54, 1.807) is 0 Å². The van der Waals surface area contributed by atoms with E-state index in [-0.39, 0.29) is 13.0 Å². The second kappa shape index (κ2) is 15.9. The third-order valence-corrected chi connectivity index (χ3v) is 5.81. The monoisotopic (exact) mass is 470 g/mol. The normalized spacial score (nSPS) is 16.8. The highest BCUT2D eigenvalue weighted by atomic mass is 19.3. The number of alkyl halides is 4. The average Bonchev–Trinajstić information content (AvgIpc) is 2.71. The van der Waals surface area contributed by atoms with Gasteiger partial charge in [-0.05, 0) is 38.5 Å². The van der Waals surface area contributed by atoms with Crippen LogP contribution in [0.3, 0.4) is 0 Å². The first-order valence-corrected chi connectivity index (χ1v) is 12.2. The second-order valence-electron chi connectivity index (χ2n) is 9.13. The Kier molecular flexibility index (Phi) is 14.4. The van der Waals surface area contributed by atoms with Crippen LogP contribution in [0.4, 0.5) is 17.6 Å². The third-order valence-electron chi connectivity index (χ3n) is 5.81. The number of esters is 1. The van der Waals surface area contributed by atoms with E-state index < -0.39 is 36.9 Å². The Hall–Kier alpha value is -0.890. The average molecular weight is 471 g/mol. The predicted molar refractivity (Wildman–Crippen MR) is 116 cm³/mol. The Balaban J connectivity index is 2.41. The van der Waals surface area contributed by atoms with Crippen LogP contribution in [-0.4, -0.2) is 50.3 Å². The summed E-state index contributed by atoms with van der Waals surface area (Å²) in [4.78, 5) is 12.1. The van der Waals surface area contributed by atoms with Gasteiger partial charge in [-0.15, -0.1) is 0 Å².